The molecule has 0 spiro atoms. The van der Waals surface area contributed by atoms with Crippen molar-refractivity contribution in [3.05, 3.63) is 0 Å². The van der Waals surface area contributed by atoms with Gasteiger partial charge in [0.05, 0.1) is 5.92 Å². The van der Waals surface area contributed by atoms with Gasteiger partial charge in [-0.25, -0.2) is 0 Å². The van der Waals surface area contributed by atoms with Crippen molar-refractivity contribution in [1.82, 2.24) is 5.32 Å². The van der Waals surface area contributed by atoms with Crippen LogP contribution in [0.15, 0.2) is 0 Å². The monoisotopic (exact) mass is 153 g/mol. The molecule has 1 unspecified atom stereocenters. The number of aliphatic carboxylic acids is 1. The van der Waals surface area contributed by atoms with Crippen LogP contribution in [0.25, 0.3) is 0 Å². The Morgan fingerprint density at radius 1 is 1.82 bits per heavy atom. The third kappa shape index (κ3) is 1.72. The molecular weight excluding hydrogens is 142 g/mol. The Hall–Kier alpha value is -1.01. The number of carboxylic acid groups (broad SMARTS) is 1. The zero-order valence-electron chi connectivity index (χ0n) is 6.21. The summed E-state index contributed by atoms with van der Waals surface area (Å²) < 4.78 is 0. The Morgan fingerprint density at radius 2 is 2.45 bits per heavy atom. The maximum atomic E-state index is 10.6. The van der Waals surface area contributed by atoms with Gasteiger partial charge >= 0.3 is 5.97 Å². The molecule has 1 saturated heterocycles. The van der Waals surface area contributed by atoms with E-state index in [1.54, 1.807) is 0 Å². The van der Waals surface area contributed by atoms with Crippen LogP contribution in [0.4, 0.5) is 0 Å². The van der Waals surface area contributed by atoms with E-state index in [0.717, 1.165) is 13.1 Å². The van der Waals surface area contributed by atoms with Crippen LogP contribution in [0.3, 0.4) is 0 Å². The van der Waals surface area contributed by atoms with E-state index < -0.39 is 5.97 Å². The molecule has 0 radical (unpaired) electrons. The van der Waals surface area contributed by atoms with Gasteiger partial charge in [-0.05, 0) is 5.92 Å². The van der Waals surface area contributed by atoms with Crippen molar-refractivity contribution >= 4 is 5.97 Å². The lowest BCUT2D eigenvalue weighted by Gasteiger charge is -2.31. The number of rotatable bonds is 3. The van der Waals surface area contributed by atoms with E-state index in [1.807, 2.05) is 0 Å². The van der Waals surface area contributed by atoms with Crippen LogP contribution >= 0.6 is 0 Å². The van der Waals surface area contributed by atoms with Crippen molar-refractivity contribution in [1.29, 1.82) is 0 Å². The van der Waals surface area contributed by atoms with Crippen LogP contribution in [-0.2, 0) is 4.79 Å². The molecule has 11 heavy (non-hydrogen) atoms. The lowest BCUT2D eigenvalue weighted by Crippen LogP contribution is -2.48. The first kappa shape index (κ1) is 8.09. The van der Waals surface area contributed by atoms with E-state index in [4.69, 9.17) is 11.5 Å². The van der Waals surface area contributed by atoms with Crippen molar-refractivity contribution in [2.24, 2.45) is 11.8 Å². The number of hydrogen-bond donors (Lipinski definition) is 2. The minimum absolute atomic E-state index is 0.239. The molecular formula is C8H11NO2. The van der Waals surface area contributed by atoms with Crippen molar-refractivity contribution in [3.63, 3.8) is 0 Å². The van der Waals surface area contributed by atoms with E-state index in [1.165, 1.54) is 0 Å². The number of carbonyl (C=O) groups is 1. The van der Waals surface area contributed by atoms with E-state index in [0.29, 0.717) is 6.42 Å². The van der Waals surface area contributed by atoms with E-state index >= 15 is 0 Å². The maximum Gasteiger partial charge on any atom is 0.307 e. The van der Waals surface area contributed by atoms with Gasteiger partial charge in [-0.2, -0.15) is 0 Å². The first-order valence-electron chi connectivity index (χ1n) is 3.62. The summed E-state index contributed by atoms with van der Waals surface area (Å²) in [6, 6.07) is 0. The minimum atomic E-state index is -0.769. The van der Waals surface area contributed by atoms with Gasteiger partial charge in [0.1, 0.15) is 0 Å². The Kier molecular flexibility index (Phi) is 2.50. The summed E-state index contributed by atoms with van der Waals surface area (Å²) in [5.74, 6) is 1.51. The molecule has 1 rings (SSSR count). The molecule has 1 heterocycles. The normalized spacial score (nSPS) is 19.9. The van der Waals surface area contributed by atoms with Gasteiger partial charge in [-0.1, -0.05) is 0 Å². The molecule has 0 aromatic heterocycles. The summed E-state index contributed by atoms with van der Waals surface area (Å²) in [6.07, 6.45) is 5.40. The van der Waals surface area contributed by atoms with E-state index in [-0.39, 0.29) is 11.8 Å². The summed E-state index contributed by atoms with van der Waals surface area (Å²) in [5.41, 5.74) is 0. The molecule has 3 heteroatoms. The standard InChI is InChI=1S/C8H11NO2/c1-2-3-7(8(10)11)6-4-9-5-6/h1,6-7,9H,3-5H2,(H,10,11). The van der Waals surface area contributed by atoms with Crippen LogP contribution in [-0.4, -0.2) is 24.2 Å². The zero-order valence-corrected chi connectivity index (χ0v) is 6.21. The second kappa shape index (κ2) is 3.40. The second-order valence-electron chi connectivity index (χ2n) is 2.77. The predicted octanol–water partition coefficient (Wildman–Crippen LogP) is -0.0701. The van der Waals surface area contributed by atoms with Crippen LogP contribution in [0.2, 0.25) is 0 Å². The van der Waals surface area contributed by atoms with Crippen LogP contribution < -0.4 is 5.32 Å². The molecule has 0 aliphatic carbocycles. The van der Waals surface area contributed by atoms with Crippen LogP contribution in [0, 0.1) is 24.2 Å². The summed E-state index contributed by atoms with van der Waals surface area (Å²) in [4.78, 5) is 10.6. The molecule has 1 aliphatic rings. The molecule has 1 aliphatic heterocycles. The smallest absolute Gasteiger partial charge is 0.307 e. The molecule has 60 valence electrons. The largest absolute Gasteiger partial charge is 0.481 e. The fourth-order valence-corrected chi connectivity index (χ4v) is 1.18. The number of hydrogen-bond acceptors (Lipinski definition) is 2. The second-order valence-corrected chi connectivity index (χ2v) is 2.77. The highest BCUT2D eigenvalue weighted by molar-refractivity contribution is 5.71. The first-order valence-corrected chi connectivity index (χ1v) is 3.62. The summed E-state index contributed by atoms with van der Waals surface area (Å²) in [6.45, 7) is 1.58. The predicted molar refractivity (Wildman–Crippen MR) is 40.9 cm³/mol. The molecule has 1 fully saturated rings. The van der Waals surface area contributed by atoms with E-state index in [2.05, 4.69) is 11.2 Å². The summed E-state index contributed by atoms with van der Waals surface area (Å²) in [5, 5.41) is 11.7. The van der Waals surface area contributed by atoms with Crippen LogP contribution in [0.5, 0.6) is 0 Å². The molecule has 0 saturated carbocycles. The molecule has 0 aromatic rings. The fourth-order valence-electron chi connectivity index (χ4n) is 1.18. The van der Waals surface area contributed by atoms with Crippen molar-refractivity contribution < 1.29 is 9.90 Å². The SMILES string of the molecule is C#CCC(C(=O)O)C1CNC1. The maximum absolute atomic E-state index is 10.6. The lowest BCUT2D eigenvalue weighted by atomic mass is 9.85. The van der Waals surface area contributed by atoms with Gasteiger partial charge < -0.3 is 10.4 Å². The van der Waals surface area contributed by atoms with Crippen molar-refractivity contribution in [2.45, 2.75) is 6.42 Å². The van der Waals surface area contributed by atoms with Gasteiger partial charge in [-0.15, -0.1) is 12.3 Å². The number of terminal acetylenes is 1. The molecule has 0 aromatic carbocycles. The van der Waals surface area contributed by atoms with Crippen LogP contribution in [0.1, 0.15) is 6.42 Å². The third-order valence-electron chi connectivity index (χ3n) is 2.04. The molecule has 1 atom stereocenters. The van der Waals surface area contributed by atoms with Crippen molar-refractivity contribution in [3.8, 4) is 12.3 Å². The minimum Gasteiger partial charge on any atom is -0.481 e. The molecule has 3 nitrogen and oxygen atoms in total. The summed E-state index contributed by atoms with van der Waals surface area (Å²) >= 11 is 0. The van der Waals surface area contributed by atoms with Gasteiger partial charge in [0, 0.05) is 19.5 Å². The van der Waals surface area contributed by atoms with Gasteiger partial charge in [0.2, 0.25) is 0 Å². The summed E-state index contributed by atoms with van der Waals surface area (Å²) in [7, 11) is 0. The number of carboxylic acids is 1. The third-order valence-corrected chi connectivity index (χ3v) is 2.04. The molecule has 0 amide bonds. The Balaban J connectivity index is 2.45. The topological polar surface area (TPSA) is 49.3 Å². The van der Waals surface area contributed by atoms with Gasteiger partial charge in [0.15, 0.2) is 0 Å². The average molecular weight is 153 g/mol. The fraction of sp³-hybridized carbons (Fsp3) is 0.625. The Morgan fingerprint density at radius 3 is 2.73 bits per heavy atom. The van der Waals surface area contributed by atoms with Gasteiger partial charge in [-0.3, -0.25) is 4.79 Å². The highest BCUT2D eigenvalue weighted by atomic mass is 16.4. The van der Waals surface area contributed by atoms with Gasteiger partial charge in [0.25, 0.3) is 0 Å². The highest BCUT2D eigenvalue weighted by Crippen LogP contribution is 2.19. The zero-order chi connectivity index (χ0) is 8.27. The van der Waals surface area contributed by atoms with E-state index in [9.17, 15) is 4.79 Å². The number of nitrogens with one attached hydrogen (secondary N) is 1. The lowest BCUT2D eigenvalue weighted by molar-refractivity contribution is -0.144. The average Bonchev–Trinajstić information content (AvgIpc) is 1.82. The highest BCUT2D eigenvalue weighted by Gasteiger charge is 2.31. The Bertz CT molecular complexity index is 191. The first-order chi connectivity index (χ1) is 5.25. The molecule has 0 bridgehead atoms. The quantitative estimate of drug-likeness (QED) is 0.558. The molecule has 2 N–H and O–H groups in total. The van der Waals surface area contributed by atoms with Crippen molar-refractivity contribution in [2.75, 3.05) is 13.1 Å². The Labute approximate surface area is 65.8 Å².